The molecule has 1 saturated heterocycles. The van der Waals surface area contributed by atoms with E-state index in [1.165, 1.54) is 0 Å². The highest BCUT2D eigenvalue weighted by Gasteiger charge is 2.29. The van der Waals surface area contributed by atoms with E-state index in [0.717, 1.165) is 19.5 Å². The van der Waals surface area contributed by atoms with Crippen LogP contribution in [-0.2, 0) is 4.74 Å². The van der Waals surface area contributed by atoms with Crippen molar-refractivity contribution < 1.29 is 9.84 Å². The normalized spacial score (nSPS) is 34.1. The van der Waals surface area contributed by atoms with Gasteiger partial charge in [-0.3, -0.25) is 4.90 Å². The fourth-order valence-electron chi connectivity index (χ4n) is 2.04. The molecule has 1 fully saturated rings. The average molecular weight is 201 g/mol. The number of aliphatic hydroxyl groups excluding tert-OH is 1. The first-order valence-corrected chi connectivity index (χ1v) is 5.51. The van der Waals surface area contributed by atoms with Crippen LogP contribution in [0.25, 0.3) is 0 Å². The molecule has 4 unspecified atom stereocenters. The Morgan fingerprint density at radius 1 is 1.43 bits per heavy atom. The van der Waals surface area contributed by atoms with Gasteiger partial charge in [-0.15, -0.1) is 0 Å². The molecule has 0 spiro atoms. The largest absolute Gasteiger partial charge is 0.392 e. The zero-order valence-electron chi connectivity index (χ0n) is 9.73. The van der Waals surface area contributed by atoms with Crippen LogP contribution in [0.5, 0.6) is 0 Å². The molecule has 0 aromatic carbocycles. The van der Waals surface area contributed by atoms with Crippen LogP contribution < -0.4 is 0 Å². The van der Waals surface area contributed by atoms with Gasteiger partial charge in [0.05, 0.1) is 12.2 Å². The van der Waals surface area contributed by atoms with Crippen LogP contribution >= 0.6 is 0 Å². The van der Waals surface area contributed by atoms with Gasteiger partial charge >= 0.3 is 0 Å². The van der Waals surface area contributed by atoms with Crippen molar-refractivity contribution in [3.63, 3.8) is 0 Å². The molecule has 0 bridgehead atoms. The minimum atomic E-state index is -0.263. The lowest BCUT2D eigenvalue weighted by Gasteiger charge is -2.40. The first kappa shape index (κ1) is 12.0. The van der Waals surface area contributed by atoms with E-state index in [9.17, 15) is 5.11 Å². The van der Waals surface area contributed by atoms with E-state index in [1.807, 2.05) is 6.92 Å². The Bertz CT molecular complexity index is 173. The van der Waals surface area contributed by atoms with Gasteiger partial charge in [0, 0.05) is 19.7 Å². The molecule has 0 amide bonds. The molecule has 84 valence electrons. The van der Waals surface area contributed by atoms with Crippen molar-refractivity contribution >= 4 is 0 Å². The van der Waals surface area contributed by atoms with Crippen LogP contribution in [0.3, 0.4) is 0 Å². The zero-order chi connectivity index (χ0) is 10.7. The number of methoxy groups -OCH3 is 1. The van der Waals surface area contributed by atoms with Crippen molar-refractivity contribution in [1.29, 1.82) is 0 Å². The van der Waals surface area contributed by atoms with Crippen LogP contribution in [0.15, 0.2) is 0 Å². The summed E-state index contributed by atoms with van der Waals surface area (Å²) in [5.74, 6) is 0.637. The standard InChI is InChI=1S/C11H23NO2/c1-8-5-6-12(7-11(8)14-4)9(2)10(3)13/h8-11,13H,5-7H2,1-4H3. The third-order valence-electron chi connectivity index (χ3n) is 3.50. The maximum atomic E-state index is 9.52. The highest BCUT2D eigenvalue weighted by atomic mass is 16.5. The van der Waals surface area contributed by atoms with Crippen molar-refractivity contribution in [3.8, 4) is 0 Å². The fourth-order valence-corrected chi connectivity index (χ4v) is 2.04. The summed E-state index contributed by atoms with van der Waals surface area (Å²) in [6, 6.07) is 0.236. The lowest BCUT2D eigenvalue weighted by atomic mass is 9.94. The van der Waals surface area contributed by atoms with Crippen molar-refractivity contribution in [2.24, 2.45) is 5.92 Å². The minimum absolute atomic E-state index is 0.236. The molecule has 1 rings (SSSR count). The molecule has 14 heavy (non-hydrogen) atoms. The van der Waals surface area contributed by atoms with Gasteiger partial charge in [0.15, 0.2) is 0 Å². The summed E-state index contributed by atoms with van der Waals surface area (Å²) >= 11 is 0. The Balaban J connectivity index is 2.49. The molecule has 0 radical (unpaired) electrons. The van der Waals surface area contributed by atoms with Gasteiger partial charge in [0.1, 0.15) is 0 Å². The Morgan fingerprint density at radius 3 is 2.57 bits per heavy atom. The highest BCUT2D eigenvalue weighted by Crippen LogP contribution is 2.21. The molecule has 1 aliphatic rings. The maximum absolute atomic E-state index is 9.52. The topological polar surface area (TPSA) is 32.7 Å². The van der Waals surface area contributed by atoms with Crippen molar-refractivity contribution in [3.05, 3.63) is 0 Å². The number of nitrogens with zero attached hydrogens (tertiary/aromatic N) is 1. The minimum Gasteiger partial charge on any atom is -0.392 e. The molecule has 3 heteroatoms. The summed E-state index contributed by atoms with van der Waals surface area (Å²) in [5.41, 5.74) is 0. The summed E-state index contributed by atoms with van der Waals surface area (Å²) in [4.78, 5) is 2.32. The Morgan fingerprint density at radius 2 is 2.07 bits per heavy atom. The molecule has 0 aromatic heterocycles. The van der Waals surface area contributed by atoms with Gasteiger partial charge < -0.3 is 9.84 Å². The van der Waals surface area contributed by atoms with Gasteiger partial charge in [-0.25, -0.2) is 0 Å². The fraction of sp³-hybridized carbons (Fsp3) is 1.00. The summed E-state index contributed by atoms with van der Waals surface area (Å²) in [7, 11) is 1.78. The third-order valence-corrected chi connectivity index (χ3v) is 3.50. The molecule has 0 saturated carbocycles. The van der Waals surface area contributed by atoms with Crippen molar-refractivity contribution in [1.82, 2.24) is 4.90 Å². The van der Waals surface area contributed by atoms with Crippen LogP contribution in [0.1, 0.15) is 27.2 Å². The third kappa shape index (κ3) is 2.69. The molecule has 1 heterocycles. The number of hydrogen-bond donors (Lipinski definition) is 1. The van der Waals surface area contributed by atoms with E-state index in [0.29, 0.717) is 12.0 Å². The number of hydrogen-bond acceptors (Lipinski definition) is 3. The van der Waals surface area contributed by atoms with E-state index in [2.05, 4.69) is 18.7 Å². The van der Waals surface area contributed by atoms with Crippen molar-refractivity contribution in [2.75, 3.05) is 20.2 Å². The monoisotopic (exact) mass is 201 g/mol. The van der Waals surface area contributed by atoms with Gasteiger partial charge in [-0.2, -0.15) is 0 Å². The smallest absolute Gasteiger partial charge is 0.0724 e. The molecule has 0 aromatic rings. The highest BCUT2D eigenvalue weighted by molar-refractivity contribution is 4.83. The van der Waals surface area contributed by atoms with E-state index >= 15 is 0 Å². The van der Waals surface area contributed by atoms with Gasteiger partial charge in [0.25, 0.3) is 0 Å². The second kappa shape index (κ2) is 5.10. The quantitative estimate of drug-likeness (QED) is 0.742. The Kier molecular flexibility index (Phi) is 4.35. The summed E-state index contributed by atoms with van der Waals surface area (Å²) in [5, 5.41) is 9.52. The lowest BCUT2D eigenvalue weighted by molar-refractivity contribution is -0.0360. The predicted octanol–water partition coefficient (Wildman–Crippen LogP) is 1.11. The second-order valence-corrected chi connectivity index (χ2v) is 4.52. The maximum Gasteiger partial charge on any atom is 0.0724 e. The lowest BCUT2D eigenvalue weighted by Crippen LogP contribution is -2.50. The van der Waals surface area contributed by atoms with Crippen LogP contribution in [0.4, 0.5) is 0 Å². The molecule has 0 aliphatic carbocycles. The van der Waals surface area contributed by atoms with E-state index < -0.39 is 0 Å². The van der Waals surface area contributed by atoms with Crippen molar-refractivity contribution in [2.45, 2.75) is 45.4 Å². The summed E-state index contributed by atoms with van der Waals surface area (Å²) in [6.07, 6.45) is 1.22. The van der Waals surface area contributed by atoms with E-state index in [-0.39, 0.29) is 12.1 Å². The summed E-state index contributed by atoms with van der Waals surface area (Å²) in [6.45, 7) is 8.19. The van der Waals surface area contributed by atoms with Crippen LogP contribution in [0, 0.1) is 5.92 Å². The van der Waals surface area contributed by atoms with E-state index in [1.54, 1.807) is 7.11 Å². The first-order valence-electron chi connectivity index (χ1n) is 5.51. The van der Waals surface area contributed by atoms with Gasteiger partial charge in [0.2, 0.25) is 0 Å². The SMILES string of the molecule is COC1CN(C(C)C(C)O)CCC1C. The molecular weight excluding hydrogens is 178 g/mol. The Labute approximate surface area is 87.1 Å². The van der Waals surface area contributed by atoms with Gasteiger partial charge in [-0.1, -0.05) is 6.92 Å². The number of likely N-dealkylation sites (tertiary alicyclic amines) is 1. The number of rotatable bonds is 3. The number of aliphatic hydroxyl groups is 1. The zero-order valence-corrected chi connectivity index (χ0v) is 9.73. The average Bonchev–Trinajstić information content (AvgIpc) is 2.17. The first-order chi connectivity index (χ1) is 6.56. The second-order valence-electron chi connectivity index (χ2n) is 4.52. The summed E-state index contributed by atoms with van der Waals surface area (Å²) < 4.78 is 5.44. The number of piperidine rings is 1. The number of ether oxygens (including phenoxy) is 1. The van der Waals surface area contributed by atoms with Crippen LogP contribution in [-0.4, -0.2) is 48.5 Å². The molecular formula is C11H23NO2. The Hall–Kier alpha value is -0.120. The molecule has 1 N–H and O–H groups in total. The molecule has 1 aliphatic heterocycles. The molecule has 4 atom stereocenters. The molecule has 3 nitrogen and oxygen atoms in total. The van der Waals surface area contributed by atoms with Gasteiger partial charge in [-0.05, 0) is 32.7 Å². The van der Waals surface area contributed by atoms with Crippen LogP contribution in [0.2, 0.25) is 0 Å². The predicted molar refractivity (Wildman–Crippen MR) is 57.3 cm³/mol. The van der Waals surface area contributed by atoms with E-state index in [4.69, 9.17) is 4.74 Å².